The molecule has 0 aliphatic carbocycles. The van der Waals surface area contributed by atoms with Crippen molar-refractivity contribution in [1.29, 1.82) is 5.26 Å². The molecule has 0 radical (unpaired) electrons. The van der Waals surface area contributed by atoms with E-state index in [2.05, 4.69) is 79.7 Å². The molecule has 0 bridgehead atoms. The van der Waals surface area contributed by atoms with Crippen LogP contribution >= 0.6 is 0 Å². The molecule has 0 aliphatic heterocycles. The largest absolute Gasteiger partial charge is 0.306 e. The minimum Gasteiger partial charge on any atom is -0.306 e. The summed E-state index contributed by atoms with van der Waals surface area (Å²) in [4.78, 5) is 1.90. The number of nitriles is 1. The van der Waals surface area contributed by atoms with Crippen LogP contribution in [0.15, 0.2) is 133 Å². The Kier molecular flexibility index (Phi) is 5.64. The van der Waals surface area contributed by atoms with Gasteiger partial charge in [-0.1, -0.05) is 97.1 Å². The van der Waals surface area contributed by atoms with Gasteiger partial charge in [-0.2, -0.15) is 5.26 Å². The van der Waals surface area contributed by atoms with E-state index in [9.17, 15) is 5.26 Å². The summed E-state index contributed by atoms with van der Waals surface area (Å²) in [6.45, 7) is 2.13. The minimum absolute atomic E-state index is 0.361. The van der Waals surface area contributed by atoms with E-state index < -0.39 is 0 Å². The van der Waals surface area contributed by atoms with Gasteiger partial charge in [-0.25, -0.2) is 4.39 Å². The van der Waals surface area contributed by atoms with E-state index in [1.807, 2.05) is 59.5 Å². The molecule has 0 spiro atoms. The molecule has 3 heteroatoms. The zero-order valence-corrected chi connectivity index (χ0v) is 23.5. The van der Waals surface area contributed by atoms with E-state index >= 15 is 4.39 Å². The van der Waals surface area contributed by atoms with E-state index in [-0.39, 0.29) is 5.82 Å². The van der Waals surface area contributed by atoms with Crippen LogP contribution in [-0.4, -0.2) is 0 Å². The van der Waals surface area contributed by atoms with Crippen molar-refractivity contribution in [3.05, 3.63) is 150 Å². The molecule has 0 heterocycles. The maximum absolute atomic E-state index is 16.4. The molecule has 2 nitrogen and oxygen atoms in total. The van der Waals surface area contributed by atoms with Gasteiger partial charge in [-0.3, -0.25) is 0 Å². The highest BCUT2D eigenvalue weighted by molar-refractivity contribution is 6.26. The molecule has 8 aromatic rings. The van der Waals surface area contributed by atoms with Crippen LogP contribution in [0.2, 0.25) is 0 Å². The molecule has 0 fully saturated rings. The lowest BCUT2D eigenvalue weighted by Gasteiger charge is -2.29. The van der Waals surface area contributed by atoms with Gasteiger partial charge in [0.05, 0.1) is 22.6 Å². The molecule has 43 heavy (non-hydrogen) atoms. The summed E-state index contributed by atoms with van der Waals surface area (Å²) < 4.78 is 16.4. The summed E-state index contributed by atoms with van der Waals surface area (Å²) >= 11 is 0. The molecule has 8 aromatic carbocycles. The first kappa shape index (κ1) is 25.0. The normalized spacial score (nSPS) is 11.5. The highest BCUT2D eigenvalue weighted by atomic mass is 19.1. The van der Waals surface area contributed by atoms with E-state index in [0.29, 0.717) is 16.9 Å². The van der Waals surface area contributed by atoms with Gasteiger partial charge in [0.2, 0.25) is 0 Å². The molecule has 0 saturated heterocycles. The lowest BCUT2D eigenvalue weighted by atomic mass is 9.91. The fourth-order valence-electron chi connectivity index (χ4n) is 6.52. The highest BCUT2D eigenvalue weighted by Gasteiger charge is 2.23. The van der Waals surface area contributed by atoms with Crippen LogP contribution in [0.5, 0.6) is 0 Å². The maximum Gasteiger partial charge on any atom is 0.147 e. The summed E-state index contributed by atoms with van der Waals surface area (Å²) in [6, 6.07) is 46.6. The van der Waals surface area contributed by atoms with Crippen molar-refractivity contribution in [2.24, 2.45) is 0 Å². The first-order chi connectivity index (χ1) is 21.1. The van der Waals surface area contributed by atoms with E-state index in [0.717, 1.165) is 43.7 Å². The summed E-state index contributed by atoms with van der Waals surface area (Å²) in [6.07, 6.45) is 0. The van der Waals surface area contributed by atoms with Crippen molar-refractivity contribution < 1.29 is 4.39 Å². The molecule has 0 aromatic heterocycles. The second-order valence-corrected chi connectivity index (χ2v) is 11.1. The van der Waals surface area contributed by atoms with Gasteiger partial charge < -0.3 is 4.90 Å². The van der Waals surface area contributed by atoms with Crippen LogP contribution < -0.4 is 4.90 Å². The second kappa shape index (κ2) is 9.69. The molecule has 8 rings (SSSR count). The lowest BCUT2D eigenvalue weighted by Crippen LogP contribution is -2.14. The van der Waals surface area contributed by atoms with Gasteiger partial charge in [-0.05, 0) is 97.7 Å². The Morgan fingerprint density at radius 1 is 0.535 bits per heavy atom. The van der Waals surface area contributed by atoms with E-state index in [1.54, 1.807) is 12.1 Å². The van der Waals surface area contributed by atoms with Crippen LogP contribution in [0.4, 0.5) is 21.5 Å². The van der Waals surface area contributed by atoms with Gasteiger partial charge in [0, 0.05) is 5.39 Å². The number of benzene rings is 8. The van der Waals surface area contributed by atoms with Gasteiger partial charge in [0.1, 0.15) is 11.9 Å². The number of hydrogen-bond acceptors (Lipinski definition) is 2. The maximum atomic E-state index is 16.4. The standard InChI is InChI=1S/C40H25FN2/c1-25-10-11-27-15-19-34-37(20-16-28-14-18-33(25)39(27)40(28)34)43(36-9-5-4-8-32(36)24-42)38-21-17-31(23-35(38)41)30-13-12-26-6-2-3-7-29(26)22-30/h2-23H,1H3. The van der Waals surface area contributed by atoms with Crippen LogP contribution in [0.1, 0.15) is 11.1 Å². The summed E-state index contributed by atoms with van der Waals surface area (Å²) in [5, 5.41) is 19.2. The van der Waals surface area contributed by atoms with Crippen molar-refractivity contribution in [3.8, 4) is 17.2 Å². The average molecular weight is 553 g/mol. The number of nitrogens with zero attached hydrogens (tertiary/aromatic N) is 2. The van der Waals surface area contributed by atoms with Gasteiger partial charge in [0.15, 0.2) is 0 Å². The van der Waals surface area contributed by atoms with Crippen molar-refractivity contribution in [3.63, 3.8) is 0 Å². The van der Waals surface area contributed by atoms with Gasteiger partial charge >= 0.3 is 0 Å². The van der Waals surface area contributed by atoms with Crippen LogP contribution in [0.25, 0.3) is 54.2 Å². The number of rotatable bonds is 4. The molecule has 0 N–H and O–H groups in total. The fourth-order valence-corrected chi connectivity index (χ4v) is 6.52. The summed E-state index contributed by atoms with van der Waals surface area (Å²) in [7, 11) is 0. The smallest absolute Gasteiger partial charge is 0.147 e. The molecular formula is C40H25FN2. The molecule has 0 aliphatic rings. The Morgan fingerprint density at radius 2 is 1.14 bits per heavy atom. The summed E-state index contributed by atoms with van der Waals surface area (Å²) in [5.41, 5.74) is 5.28. The van der Waals surface area contributed by atoms with Crippen LogP contribution in [-0.2, 0) is 0 Å². The third-order valence-electron chi connectivity index (χ3n) is 8.64. The summed E-state index contributed by atoms with van der Waals surface area (Å²) in [5.74, 6) is -0.361. The average Bonchev–Trinajstić information content (AvgIpc) is 3.05. The monoisotopic (exact) mass is 552 g/mol. The zero-order valence-electron chi connectivity index (χ0n) is 23.5. The molecule has 202 valence electrons. The number of aryl methyl sites for hydroxylation is 1. The van der Waals surface area contributed by atoms with Crippen LogP contribution in [0, 0.1) is 24.1 Å². The molecule has 0 saturated carbocycles. The third-order valence-corrected chi connectivity index (χ3v) is 8.64. The molecule has 0 atom stereocenters. The first-order valence-corrected chi connectivity index (χ1v) is 14.4. The molecule has 0 unspecified atom stereocenters. The van der Waals surface area contributed by atoms with E-state index in [4.69, 9.17) is 0 Å². The SMILES string of the molecule is Cc1ccc2ccc3c(N(c4ccc(-c5ccc6ccccc6c5)cc4F)c4ccccc4C#N)ccc4ccc1c2c43. The number of hydrogen-bond donors (Lipinski definition) is 0. The number of para-hydroxylation sites is 1. The van der Waals surface area contributed by atoms with Crippen molar-refractivity contribution >= 4 is 60.2 Å². The van der Waals surface area contributed by atoms with Crippen molar-refractivity contribution in [2.45, 2.75) is 6.92 Å². The van der Waals surface area contributed by atoms with Crippen molar-refractivity contribution in [2.75, 3.05) is 4.90 Å². The Hall–Kier alpha value is -5.72. The number of fused-ring (bicyclic) bond motifs is 1. The first-order valence-electron chi connectivity index (χ1n) is 14.4. The topological polar surface area (TPSA) is 27.0 Å². The molecule has 0 amide bonds. The number of anilines is 3. The Balaban J connectivity index is 1.37. The highest BCUT2D eigenvalue weighted by Crippen LogP contribution is 2.46. The predicted molar refractivity (Wildman–Crippen MR) is 177 cm³/mol. The zero-order chi connectivity index (χ0) is 29.1. The minimum atomic E-state index is -0.361. The van der Waals surface area contributed by atoms with Gasteiger partial charge in [-0.15, -0.1) is 0 Å². The Morgan fingerprint density at radius 3 is 1.95 bits per heavy atom. The Bertz CT molecular complexity index is 2400. The quantitative estimate of drug-likeness (QED) is 0.203. The number of halogens is 1. The van der Waals surface area contributed by atoms with E-state index in [1.165, 1.54) is 21.7 Å². The Labute approximate surface area is 248 Å². The fraction of sp³-hybridized carbons (Fsp3) is 0.0250. The second-order valence-electron chi connectivity index (χ2n) is 11.1. The predicted octanol–water partition coefficient (Wildman–Crippen LogP) is 11.2. The van der Waals surface area contributed by atoms with Crippen LogP contribution in [0.3, 0.4) is 0 Å². The van der Waals surface area contributed by atoms with Gasteiger partial charge in [0.25, 0.3) is 0 Å². The van der Waals surface area contributed by atoms with Crippen molar-refractivity contribution in [1.82, 2.24) is 0 Å². The molecular weight excluding hydrogens is 527 g/mol. The lowest BCUT2D eigenvalue weighted by molar-refractivity contribution is 0.629. The third kappa shape index (κ3) is 3.92.